The number of hydrogen-bond acceptors (Lipinski definition) is 9. The van der Waals surface area contributed by atoms with Crippen molar-refractivity contribution in [1.29, 1.82) is 0 Å². The lowest BCUT2D eigenvalue weighted by Crippen LogP contribution is -2.49. The van der Waals surface area contributed by atoms with Crippen LogP contribution in [0.4, 0.5) is 5.69 Å². The lowest BCUT2D eigenvalue weighted by atomic mass is 9.91. The largest absolute Gasteiger partial charge is 0.459 e. The summed E-state index contributed by atoms with van der Waals surface area (Å²) in [5.74, 6) is -1.75. The van der Waals surface area contributed by atoms with Crippen LogP contribution in [0.1, 0.15) is 108 Å². The smallest absolute Gasteiger partial charge is 0.297 e. The van der Waals surface area contributed by atoms with Gasteiger partial charge in [-0.25, -0.2) is 8.42 Å². The highest BCUT2D eigenvalue weighted by Gasteiger charge is 2.62. The van der Waals surface area contributed by atoms with E-state index in [1.165, 1.54) is 0 Å². The number of carbonyl (C=O) groups is 4. The topological polar surface area (TPSA) is 169 Å². The van der Waals surface area contributed by atoms with E-state index in [-0.39, 0.29) is 55.0 Å². The summed E-state index contributed by atoms with van der Waals surface area (Å²) in [6.07, 6.45) is 8.50. The Bertz CT molecular complexity index is 2130. The summed E-state index contributed by atoms with van der Waals surface area (Å²) in [5.41, 5.74) is 1.19. The molecule has 3 amide bonds. The van der Waals surface area contributed by atoms with Crippen LogP contribution in [0.25, 0.3) is 11.0 Å². The Morgan fingerprint density at radius 1 is 1.04 bits per heavy atom. The van der Waals surface area contributed by atoms with Crippen LogP contribution in [-0.2, 0) is 24.4 Å². The molecule has 0 bridgehead atoms. The van der Waals surface area contributed by atoms with E-state index in [0.29, 0.717) is 43.3 Å². The second kappa shape index (κ2) is 15.7. The minimum atomic E-state index is -3.93. The number of amides is 3. The number of benzene rings is 2. The minimum Gasteiger partial charge on any atom is -0.459 e. The van der Waals surface area contributed by atoms with Crippen molar-refractivity contribution >= 4 is 50.2 Å². The molecule has 5 atom stereocenters. The number of Topliss-reactive ketones (excluding diaryl/α,β-unsaturated/α-hetero) is 1. The van der Waals surface area contributed by atoms with Gasteiger partial charge in [-0.15, -0.1) is 0 Å². The number of rotatable bonds is 10. The first kappa shape index (κ1) is 39.5. The van der Waals surface area contributed by atoms with Crippen LogP contribution in [0.2, 0.25) is 0 Å². The van der Waals surface area contributed by atoms with E-state index in [9.17, 15) is 27.6 Å². The normalized spacial score (nSPS) is 27.1. The molecule has 300 valence electrons. The number of hydrogen-bond donors (Lipinski definition) is 3. The number of nitrogens with one attached hydrogen (secondary N) is 3. The minimum absolute atomic E-state index is 0.0959. The van der Waals surface area contributed by atoms with E-state index >= 15 is 0 Å². The van der Waals surface area contributed by atoms with Crippen molar-refractivity contribution in [3.05, 3.63) is 66.2 Å². The van der Waals surface area contributed by atoms with Crippen LogP contribution in [-0.4, -0.2) is 82.4 Å². The molecule has 2 aromatic carbocycles. The summed E-state index contributed by atoms with van der Waals surface area (Å²) >= 11 is 0. The number of fused-ring (bicyclic) bond motifs is 3. The van der Waals surface area contributed by atoms with E-state index in [0.717, 1.165) is 36.9 Å². The Labute approximate surface area is 329 Å². The standard InChI is InChI=1S/C42H54N6O7S/c1-5-43-37(50)31-18-14-20-33-36(31)45-40(48(33)27(2)3)55-30-23-34-35(49)25-42(39(52)46-56(53,54)41(4)21-22-41)24-28(42)15-10-7-6-8-13-19-32(38(51)47(34)26-30)44-29-16-11-9-12-17-29/h9-12,14-18,20,27-28,30,32,34,44H,5-8,13,19,21-26H2,1-4H3,(H,43,50)(H,46,52)/b15-10-/t28-,30+,32-,34-,42+/m0/s1. The average Bonchev–Trinajstić information content (AvgIpc) is 3.98. The fourth-order valence-corrected chi connectivity index (χ4v) is 9.62. The molecule has 56 heavy (non-hydrogen) atoms. The van der Waals surface area contributed by atoms with Gasteiger partial charge in [-0.1, -0.05) is 49.3 Å². The first-order valence-electron chi connectivity index (χ1n) is 20.1. The number of allylic oxidation sites excluding steroid dienone is 2. The second-order valence-corrected chi connectivity index (χ2v) is 18.7. The van der Waals surface area contributed by atoms with Gasteiger partial charge in [0.15, 0.2) is 5.78 Å². The Morgan fingerprint density at radius 3 is 2.52 bits per heavy atom. The van der Waals surface area contributed by atoms with Crippen LogP contribution < -0.4 is 20.1 Å². The summed E-state index contributed by atoms with van der Waals surface area (Å²) < 4.78 is 36.4. The van der Waals surface area contributed by atoms with E-state index in [4.69, 9.17) is 9.72 Å². The van der Waals surface area contributed by atoms with Crippen molar-refractivity contribution in [2.24, 2.45) is 11.3 Å². The van der Waals surface area contributed by atoms with E-state index < -0.39 is 44.3 Å². The maximum atomic E-state index is 14.7. The molecule has 3 aromatic rings. The zero-order valence-electron chi connectivity index (χ0n) is 32.8. The molecular formula is C42H54N6O7S. The third kappa shape index (κ3) is 7.81. The van der Waals surface area contributed by atoms with E-state index in [2.05, 4.69) is 15.4 Å². The fraction of sp³-hybridized carbons (Fsp3) is 0.548. The summed E-state index contributed by atoms with van der Waals surface area (Å²) in [7, 11) is -3.93. The molecule has 13 nitrogen and oxygen atoms in total. The number of sulfonamides is 1. The molecule has 2 aliphatic heterocycles. The number of ether oxygens (including phenoxy) is 1. The van der Waals surface area contributed by atoms with Gasteiger partial charge in [0.05, 0.1) is 33.8 Å². The molecule has 7 rings (SSSR count). The number of para-hydroxylation sites is 2. The van der Waals surface area contributed by atoms with Gasteiger partial charge in [0.2, 0.25) is 21.8 Å². The van der Waals surface area contributed by atoms with E-state index in [1.807, 2.05) is 80.0 Å². The third-order valence-electron chi connectivity index (χ3n) is 12.0. The number of nitrogens with zero attached hydrogens (tertiary/aromatic N) is 3. The Kier molecular flexibility index (Phi) is 11.1. The lowest BCUT2D eigenvalue weighted by molar-refractivity contribution is -0.139. The molecule has 0 spiro atoms. The highest BCUT2D eigenvalue weighted by Crippen LogP contribution is 2.57. The molecule has 0 radical (unpaired) electrons. The average molecular weight is 787 g/mol. The predicted octanol–water partition coefficient (Wildman–Crippen LogP) is 5.68. The monoisotopic (exact) mass is 786 g/mol. The fourth-order valence-electron chi connectivity index (χ4n) is 8.29. The molecule has 1 aromatic heterocycles. The highest BCUT2D eigenvalue weighted by molar-refractivity contribution is 7.91. The van der Waals surface area contributed by atoms with Gasteiger partial charge in [-0.3, -0.25) is 28.5 Å². The first-order valence-corrected chi connectivity index (χ1v) is 21.6. The van der Waals surface area contributed by atoms with Gasteiger partial charge in [0, 0.05) is 31.1 Å². The van der Waals surface area contributed by atoms with Gasteiger partial charge < -0.3 is 20.3 Å². The van der Waals surface area contributed by atoms with Crippen LogP contribution in [0, 0.1) is 11.3 Å². The van der Waals surface area contributed by atoms with Gasteiger partial charge in [0.25, 0.3) is 11.9 Å². The predicted molar refractivity (Wildman–Crippen MR) is 214 cm³/mol. The number of anilines is 1. The van der Waals surface area contributed by atoms with Gasteiger partial charge >= 0.3 is 0 Å². The van der Waals surface area contributed by atoms with Gasteiger partial charge in [-0.2, -0.15) is 4.98 Å². The highest BCUT2D eigenvalue weighted by atomic mass is 32.2. The van der Waals surface area contributed by atoms with Crippen LogP contribution >= 0.6 is 0 Å². The number of ketones is 1. The van der Waals surface area contributed by atoms with Crippen LogP contribution in [0.5, 0.6) is 6.01 Å². The molecule has 3 N–H and O–H groups in total. The Balaban J connectivity index is 1.22. The Morgan fingerprint density at radius 2 is 1.80 bits per heavy atom. The maximum Gasteiger partial charge on any atom is 0.297 e. The maximum absolute atomic E-state index is 14.7. The van der Waals surface area contributed by atoms with Crippen molar-refractivity contribution in [3.8, 4) is 6.01 Å². The molecule has 14 heteroatoms. The summed E-state index contributed by atoms with van der Waals surface area (Å²) in [5, 5.41) is 6.28. The number of imidazole rings is 1. The van der Waals surface area contributed by atoms with Crippen molar-refractivity contribution in [2.45, 2.75) is 121 Å². The van der Waals surface area contributed by atoms with Gasteiger partial charge in [-0.05, 0) is 96.4 Å². The van der Waals surface area contributed by atoms with Crippen molar-refractivity contribution < 1.29 is 32.3 Å². The van der Waals surface area contributed by atoms with E-state index in [1.54, 1.807) is 17.9 Å². The molecule has 3 fully saturated rings. The summed E-state index contributed by atoms with van der Waals surface area (Å²) in [6, 6.07) is 13.6. The van der Waals surface area contributed by atoms with Crippen LogP contribution in [0.3, 0.4) is 0 Å². The number of carbonyl (C=O) groups excluding carboxylic acids is 4. The zero-order chi connectivity index (χ0) is 39.8. The molecule has 3 heterocycles. The first-order chi connectivity index (χ1) is 26.8. The molecular weight excluding hydrogens is 733 g/mol. The quantitative estimate of drug-likeness (QED) is 0.219. The summed E-state index contributed by atoms with van der Waals surface area (Å²) in [6.45, 7) is 8.02. The SMILES string of the molecule is CCNC(=O)c1cccc2c1nc(O[C@@H]1C[C@H]3C(=O)C[C@]4(C(=O)NS(=O)(=O)C5(C)CC5)C[C@@H]4/C=C\CCCCC[C@H](Nc4ccccc4)C(=O)N3C1)n2C(C)C. The molecule has 2 aliphatic carbocycles. The van der Waals surface area contributed by atoms with Crippen molar-refractivity contribution in [2.75, 3.05) is 18.4 Å². The molecule has 1 saturated heterocycles. The zero-order valence-corrected chi connectivity index (χ0v) is 33.6. The molecule has 0 unspecified atom stereocenters. The molecule has 4 aliphatic rings. The third-order valence-corrected chi connectivity index (χ3v) is 14.2. The Hall–Kier alpha value is -4.72. The second-order valence-electron chi connectivity index (χ2n) is 16.5. The lowest BCUT2D eigenvalue weighted by Gasteiger charge is -2.30. The van der Waals surface area contributed by atoms with Crippen LogP contribution in [0.15, 0.2) is 60.7 Å². The van der Waals surface area contributed by atoms with Crippen molar-refractivity contribution in [1.82, 2.24) is 24.5 Å². The number of aromatic nitrogens is 2. The molecule has 2 saturated carbocycles. The summed E-state index contributed by atoms with van der Waals surface area (Å²) in [4.78, 5) is 62.8. The van der Waals surface area contributed by atoms with Crippen molar-refractivity contribution in [3.63, 3.8) is 0 Å². The van der Waals surface area contributed by atoms with Gasteiger partial charge in [0.1, 0.15) is 17.7 Å².